The van der Waals surface area contributed by atoms with Gasteiger partial charge in [0, 0.05) is 17.3 Å². The molecule has 2 aromatic carbocycles. The Labute approximate surface area is 177 Å². The van der Waals surface area contributed by atoms with Crippen molar-refractivity contribution in [3.05, 3.63) is 75.5 Å². The summed E-state index contributed by atoms with van der Waals surface area (Å²) < 4.78 is 6.92. The fraction of sp³-hybridized carbons (Fsp3) is 0.190. The van der Waals surface area contributed by atoms with Crippen LogP contribution in [0.5, 0.6) is 5.75 Å². The lowest BCUT2D eigenvalue weighted by molar-refractivity contribution is -0.385. The molecule has 158 valence electrons. The number of nitrogens with two attached hydrogens (primary N) is 1. The third-order valence-electron chi connectivity index (χ3n) is 4.97. The smallest absolute Gasteiger partial charge is 0.275 e. The zero-order valence-electron chi connectivity index (χ0n) is 16.9. The highest BCUT2D eigenvalue weighted by atomic mass is 16.6. The number of rotatable bonds is 6. The lowest BCUT2D eigenvalue weighted by atomic mass is 9.94. The number of amides is 1. The highest BCUT2D eigenvalue weighted by molar-refractivity contribution is 5.95. The van der Waals surface area contributed by atoms with Crippen LogP contribution in [0, 0.1) is 10.1 Å². The van der Waals surface area contributed by atoms with Crippen LogP contribution in [0.25, 0.3) is 11.4 Å². The third kappa shape index (κ3) is 3.59. The highest BCUT2D eigenvalue weighted by Gasteiger charge is 2.36. The van der Waals surface area contributed by atoms with Gasteiger partial charge in [0.25, 0.3) is 5.69 Å². The van der Waals surface area contributed by atoms with E-state index in [1.54, 1.807) is 25.1 Å². The highest BCUT2D eigenvalue weighted by Crippen LogP contribution is 2.39. The Kier molecular flexibility index (Phi) is 5.12. The first kappa shape index (κ1) is 20.1. The first-order chi connectivity index (χ1) is 14.9. The molecule has 0 saturated heterocycles. The zero-order chi connectivity index (χ0) is 22.1. The zero-order valence-corrected chi connectivity index (χ0v) is 16.9. The molecule has 0 fully saturated rings. The van der Waals surface area contributed by atoms with Crippen LogP contribution in [0.3, 0.4) is 0 Å². The Bertz CT molecular complexity index is 1200. The number of nitro benzene ring substituents is 1. The number of allylic oxidation sites excluding steroid dienone is 1. The minimum absolute atomic E-state index is 0.134. The largest absolute Gasteiger partial charge is 0.494 e. The average Bonchev–Trinajstić information content (AvgIpc) is 3.16. The van der Waals surface area contributed by atoms with Gasteiger partial charge in [-0.15, -0.1) is 5.10 Å². The molecule has 0 radical (unpaired) electrons. The van der Waals surface area contributed by atoms with E-state index in [0.717, 1.165) is 11.3 Å². The van der Waals surface area contributed by atoms with E-state index in [1.165, 1.54) is 10.7 Å². The van der Waals surface area contributed by atoms with Crippen molar-refractivity contribution in [2.45, 2.75) is 19.9 Å². The van der Waals surface area contributed by atoms with E-state index in [-0.39, 0.29) is 11.3 Å². The number of hydrogen-bond acceptors (Lipinski definition) is 7. The Morgan fingerprint density at radius 2 is 1.97 bits per heavy atom. The monoisotopic (exact) mass is 420 g/mol. The van der Waals surface area contributed by atoms with Gasteiger partial charge in [-0.25, -0.2) is 4.68 Å². The minimum atomic E-state index is -0.890. The van der Waals surface area contributed by atoms with Crippen molar-refractivity contribution in [2.24, 2.45) is 5.73 Å². The molecule has 0 aliphatic carbocycles. The number of aromatic nitrogens is 3. The van der Waals surface area contributed by atoms with Crippen molar-refractivity contribution in [3.63, 3.8) is 0 Å². The summed E-state index contributed by atoms with van der Waals surface area (Å²) in [6.45, 7) is 4.13. The van der Waals surface area contributed by atoms with Gasteiger partial charge in [-0.2, -0.15) is 4.98 Å². The van der Waals surface area contributed by atoms with E-state index in [0.29, 0.717) is 29.6 Å². The van der Waals surface area contributed by atoms with E-state index in [4.69, 9.17) is 10.5 Å². The van der Waals surface area contributed by atoms with Crippen molar-refractivity contribution in [3.8, 4) is 17.1 Å². The van der Waals surface area contributed by atoms with Crippen LogP contribution < -0.4 is 15.8 Å². The average molecular weight is 420 g/mol. The summed E-state index contributed by atoms with van der Waals surface area (Å²) in [6.07, 6.45) is 0. The summed E-state index contributed by atoms with van der Waals surface area (Å²) in [4.78, 5) is 28.0. The van der Waals surface area contributed by atoms with Crippen molar-refractivity contribution in [2.75, 3.05) is 11.9 Å². The molecule has 3 N–H and O–H groups in total. The molecule has 1 amide bonds. The van der Waals surface area contributed by atoms with Gasteiger partial charge in [-0.05, 0) is 44.2 Å². The fourth-order valence-electron chi connectivity index (χ4n) is 3.63. The van der Waals surface area contributed by atoms with Gasteiger partial charge in [0.1, 0.15) is 11.8 Å². The molecule has 1 unspecified atom stereocenters. The van der Waals surface area contributed by atoms with Crippen molar-refractivity contribution < 1.29 is 14.5 Å². The van der Waals surface area contributed by atoms with Crippen LogP contribution in [0.1, 0.15) is 25.5 Å². The summed E-state index contributed by atoms with van der Waals surface area (Å²) in [5.41, 5.74) is 7.19. The first-order valence-electron chi connectivity index (χ1n) is 9.61. The van der Waals surface area contributed by atoms with Gasteiger partial charge in [-0.1, -0.05) is 12.1 Å². The number of ether oxygens (including phenoxy) is 1. The maximum absolute atomic E-state index is 12.3. The molecule has 10 heteroatoms. The first-order valence-corrected chi connectivity index (χ1v) is 9.61. The molecule has 0 bridgehead atoms. The maximum atomic E-state index is 12.3. The molecule has 10 nitrogen and oxygen atoms in total. The number of carbonyl (C=O) groups is 1. The molecular formula is C21H20N6O4. The summed E-state index contributed by atoms with van der Waals surface area (Å²) in [5.74, 6) is 0.777. The second-order valence-corrected chi connectivity index (χ2v) is 6.91. The van der Waals surface area contributed by atoms with E-state index in [2.05, 4.69) is 15.4 Å². The second-order valence-electron chi connectivity index (χ2n) is 6.91. The van der Waals surface area contributed by atoms with Crippen LogP contribution in [-0.4, -0.2) is 32.2 Å². The second kappa shape index (κ2) is 7.90. The Balaban J connectivity index is 1.86. The fourth-order valence-corrected chi connectivity index (χ4v) is 3.63. The summed E-state index contributed by atoms with van der Waals surface area (Å²) in [5, 5.41) is 19.2. The summed E-state index contributed by atoms with van der Waals surface area (Å²) in [6, 6.07) is 12.6. The van der Waals surface area contributed by atoms with Crippen LogP contribution >= 0.6 is 0 Å². The quantitative estimate of drug-likeness (QED) is 0.462. The van der Waals surface area contributed by atoms with Crippen LogP contribution in [-0.2, 0) is 4.79 Å². The number of carbonyl (C=O) groups excluding carboxylic acids is 1. The van der Waals surface area contributed by atoms with Crippen molar-refractivity contribution in [1.82, 2.24) is 14.8 Å². The van der Waals surface area contributed by atoms with Crippen molar-refractivity contribution in [1.29, 1.82) is 0 Å². The predicted octanol–water partition coefficient (Wildman–Crippen LogP) is 3.03. The number of para-hydroxylation sites is 1. The molecule has 1 aliphatic heterocycles. The molecule has 1 aliphatic rings. The van der Waals surface area contributed by atoms with E-state index in [1.807, 2.05) is 31.2 Å². The molecule has 4 rings (SSSR count). The van der Waals surface area contributed by atoms with Gasteiger partial charge < -0.3 is 15.8 Å². The van der Waals surface area contributed by atoms with E-state index in [9.17, 15) is 14.9 Å². The van der Waals surface area contributed by atoms with Crippen molar-refractivity contribution >= 4 is 17.5 Å². The van der Waals surface area contributed by atoms with Crippen LogP contribution in [0.15, 0.2) is 59.8 Å². The van der Waals surface area contributed by atoms with Gasteiger partial charge in [-0.3, -0.25) is 14.9 Å². The molecule has 2 heterocycles. The van der Waals surface area contributed by atoms with Crippen LogP contribution in [0.4, 0.5) is 11.6 Å². The number of hydrogen-bond donors (Lipinski definition) is 2. The summed E-state index contributed by atoms with van der Waals surface area (Å²) in [7, 11) is 0. The van der Waals surface area contributed by atoms with Gasteiger partial charge >= 0.3 is 0 Å². The SMILES string of the molecule is CCOc1ccc(-c2nc3n(n2)C(c2ccccc2[N+](=O)[O-])C(C(N)=O)=C(C)N3)cc1. The van der Waals surface area contributed by atoms with E-state index < -0.39 is 16.9 Å². The number of nitro groups is 1. The standard InChI is InChI=1S/C21H20N6O4/c1-3-31-14-10-8-13(9-11-14)20-24-21-23-12(2)17(19(22)28)18(26(21)25-20)15-6-4-5-7-16(15)27(29)30/h4-11,18H,3H2,1-2H3,(H2,22,28)(H,23,24,25). The molecule has 31 heavy (non-hydrogen) atoms. The topological polar surface area (TPSA) is 138 Å². The lowest BCUT2D eigenvalue weighted by Crippen LogP contribution is -2.32. The number of nitrogens with one attached hydrogen (secondary N) is 1. The normalized spacial score (nSPS) is 15.2. The predicted molar refractivity (Wildman–Crippen MR) is 113 cm³/mol. The van der Waals surface area contributed by atoms with Gasteiger partial charge in [0.15, 0.2) is 5.82 Å². The van der Waals surface area contributed by atoms with Gasteiger partial charge in [0.2, 0.25) is 11.9 Å². The Morgan fingerprint density at radius 3 is 2.61 bits per heavy atom. The maximum Gasteiger partial charge on any atom is 0.275 e. The van der Waals surface area contributed by atoms with Crippen LogP contribution in [0.2, 0.25) is 0 Å². The Morgan fingerprint density at radius 1 is 1.26 bits per heavy atom. The van der Waals surface area contributed by atoms with E-state index >= 15 is 0 Å². The minimum Gasteiger partial charge on any atom is -0.494 e. The molecule has 1 atom stereocenters. The molecule has 0 spiro atoms. The third-order valence-corrected chi connectivity index (χ3v) is 4.97. The molecule has 0 saturated carbocycles. The number of benzene rings is 2. The summed E-state index contributed by atoms with van der Waals surface area (Å²) >= 11 is 0. The number of fused-ring (bicyclic) bond motifs is 1. The molecule has 1 aromatic heterocycles. The number of primary amides is 1. The van der Waals surface area contributed by atoms with Gasteiger partial charge in [0.05, 0.1) is 22.7 Å². The molecular weight excluding hydrogens is 400 g/mol. The number of nitrogens with zero attached hydrogens (tertiary/aromatic N) is 4. The molecule has 3 aromatic rings. The lowest BCUT2D eigenvalue weighted by Gasteiger charge is -2.27. The number of anilines is 1. The Hall–Kier alpha value is -4.21.